The number of esters is 2. The van der Waals surface area contributed by atoms with Gasteiger partial charge in [0.1, 0.15) is 10.8 Å². The van der Waals surface area contributed by atoms with Crippen molar-refractivity contribution >= 4 is 11.9 Å². The minimum Gasteiger partial charge on any atom is -0.392 e. The summed E-state index contributed by atoms with van der Waals surface area (Å²) < 4.78 is 11.7. The first-order chi connectivity index (χ1) is 17.7. The van der Waals surface area contributed by atoms with Gasteiger partial charge in [-0.15, -0.1) is 0 Å². The van der Waals surface area contributed by atoms with Gasteiger partial charge in [0.25, 0.3) is 0 Å². The van der Waals surface area contributed by atoms with Gasteiger partial charge < -0.3 is 9.47 Å². The van der Waals surface area contributed by atoms with E-state index in [1.807, 2.05) is 66.7 Å². The van der Waals surface area contributed by atoms with E-state index in [4.69, 9.17) is 9.47 Å². The van der Waals surface area contributed by atoms with Crippen LogP contribution in [-0.2, 0) is 24.6 Å². The smallest absolute Gasteiger partial charge is 0.326 e. The van der Waals surface area contributed by atoms with Gasteiger partial charge in [0, 0.05) is 0 Å². The van der Waals surface area contributed by atoms with Gasteiger partial charge in [0.2, 0.25) is 0 Å². The molecule has 3 saturated heterocycles. The summed E-state index contributed by atoms with van der Waals surface area (Å²) in [4.78, 5) is 29.8. The van der Waals surface area contributed by atoms with Gasteiger partial charge in [-0.1, -0.05) is 115 Å². The summed E-state index contributed by atoms with van der Waals surface area (Å²) in [6, 6.07) is 30.4. The lowest BCUT2D eigenvalue weighted by atomic mass is 9.54. The maximum absolute atomic E-state index is 13.7. The maximum Gasteiger partial charge on any atom is 0.326 e. The third-order valence-electron chi connectivity index (χ3n) is 9.17. The zero-order valence-electron chi connectivity index (χ0n) is 19.4. The van der Waals surface area contributed by atoms with E-state index in [2.05, 4.69) is 53.5 Å². The van der Waals surface area contributed by atoms with E-state index in [1.165, 1.54) is 0 Å². The van der Waals surface area contributed by atoms with E-state index < -0.39 is 40.5 Å². The number of nitrogens with zero attached hydrogens (tertiary/aromatic N) is 1. The molecule has 5 heterocycles. The van der Waals surface area contributed by atoms with Crippen molar-refractivity contribution in [3.63, 3.8) is 0 Å². The molecule has 5 heteroatoms. The average molecular weight is 474 g/mol. The quantitative estimate of drug-likeness (QED) is 0.248. The monoisotopic (exact) mass is 473 g/mol. The molecule has 3 aromatic carbocycles. The normalized spacial score (nSPS) is 35.3. The second kappa shape index (κ2) is 6.69. The number of ether oxygens (including phenoxy) is 2. The van der Waals surface area contributed by atoms with Crippen molar-refractivity contribution < 1.29 is 19.1 Å². The second-order valence-corrected chi connectivity index (χ2v) is 10.3. The SMILES string of the molecule is O=C1OC(=O)[C@]23[C@@H]4C=C[C@@H](O4)[C@]12[C@H]1C=C[C@@H]3N1C(c1ccccc1)(c1ccccc1)c1ccccc1. The molecular weight excluding hydrogens is 450 g/mol. The molecule has 0 N–H and O–H groups in total. The molecule has 0 saturated carbocycles. The van der Waals surface area contributed by atoms with E-state index in [9.17, 15) is 9.59 Å². The van der Waals surface area contributed by atoms with E-state index >= 15 is 0 Å². The van der Waals surface area contributed by atoms with Crippen LogP contribution < -0.4 is 0 Å². The zero-order valence-corrected chi connectivity index (χ0v) is 19.4. The fraction of sp³-hybridized carbons (Fsp3) is 0.226. The van der Waals surface area contributed by atoms with E-state index in [1.54, 1.807) is 0 Å². The van der Waals surface area contributed by atoms with Crippen molar-refractivity contribution in [1.82, 2.24) is 4.90 Å². The fourth-order valence-corrected chi connectivity index (χ4v) is 8.04. The zero-order chi connectivity index (χ0) is 24.1. The Morgan fingerprint density at radius 3 is 1.36 bits per heavy atom. The lowest BCUT2D eigenvalue weighted by Crippen LogP contribution is -2.56. The molecule has 4 bridgehead atoms. The highest BCUT2D eigenvalue weighted by Crippen LogP contribution is 2.74. The molecule has 176 valence electrons. The molecule has 36 heavy (non-hydrogen) atoms. The summed E-state index contributed by atoms with van der Waals surface area (Å²) >= 11 is 0. The van der Waals surface area contributed by atoms with Crippen LogP contribution in [-0.4, -0.2) is 41.1 Å². The third kappa shape index (κ3) is 1.94. The lowest BCUT2D eigenvalue weighted by molar-refractivity contribution is -0.163. The first kappa shape index (κ1) is 20.4. The maximum atomic E-state index is 13.7. The van der Waals surface area contributed by atoms with Crippen molar-refractivity contribution in [2.24, 2.45) is 10.8 Å². The first-order valence-electron chi connectivity index (χ1n) is 12.4. The van der Waals surface area contributed by atoms with E-state index in [0.717, 1.165) is 16.7 Å². The van der Waals surface area contributed by atoms with Crippen LogP contribution >= 0.6 is 0 Å². The first-order valence-corrected chi connectivity index (χ1v) is 12.4. The Labute approximate surface area is 208 Å². The fourth-order valence-electron chi connectivity index (χ4n) is 8.04. The van der Waals surface area contributed by atoms with Crippen molar-refractivity contribution in [2.45, 2.75) is 29.8 Å². The van der Waals surface area contributed by atoms with Gasteiger partial charge in [-0.2, -0.15) is 0 Å². The molecule has 0 spiro atoms. The molecule has 6 atom stereocenters. The third-order valence-corrected chi connectivity index (χ3v) is 9.17. The van der Waals surface area contributed by atoms with Crippen LogP contribution in [0.5, 0.6) is 0 Å². The molecule has 0 radical (unpaired) electrons. The Balaban J connectivity index is 1.48. The Hall–Kier alpha value is -3.80. The van der Waals surface area contributed by atoms with Gasteiger partial charge in [0.15, 0.2) is 0 Å². The van der Waals surface area contributed by atoms with Crippen LogP contribution in [0.25, 0.3) is 0 Å². The summed E-state index contributed by atoms with van der Waals surface area (Å²) in [6.07, 6.45) is 7.11. The Morgan fingerprint density at radius 1 is 0.583 bits per heavy atom. The number of carbonyl (C=O) groups excluding carboxylic acids is 2. The summed E-state index contributed by atoms with van der Waals surface area (Å²) in [5.74, 6) is -0.927. The van der Waals surface area contributed by atoms with Crippen LogP contribution in [0.4, 0.5) is 0 Å². The van der Waals surface area contributed by atoms with Gasteiger partial charge in [-0.25, -0.2) is 0 Å². The van der Waals surface area contributed by atoms with Crippen LogP contribution in [0.3, 0.4) is 0 Å². The molecule has 3 aromatic rings. The highest BCUT2D eigenvalue weighted by molar-refractivity contribution is 6.07. The number of rotatable bonds is 4. The molecular formula is C31H23NO4. The number of hydrogen-bond acceptors (Lipinski definition) is 5. The largest absolute Gasteiger partial charge is 0.392 e. The predicted octanol–water partition coefficient (Wildman–Crippen LogP) is 3.99. The van der Waals surface area contributed by atoms with Crippen molar-refractivity contribution in [3.8, 4) is 0 Å². The molecule has 5 aliphatic heterocycles. The standard InChI is InChI=1S/C31H23NO4/c33-27-29-23-16-17-24(30(29,28(34)36-27)26-19-18-25(29)35-26)32(23)31(20-10-4-1-5-11-20,21-12-6-2-7-13-21)22-14-8-3-9-15-22/h1-19,23-26H/t23-,24+,25-,26+,29-,30+. The summed E-state index contributed by atoms with van der Waals surface area (Å²) in [5, 5.41) is 0. The molecule has 5 aliphatic rings. The molecule has 0 unspecified atom stereocenters. The minimum absolute atomic E-state index is 0.387. The number of benzene rings is 3. The summed E-state index contributed by atoms with van der Waals surface area (Å²) in [7, 11) is 0. The van der Waals surface area contributed by atoms with E-state index in [0.29, 0.717) is 0 Å². The Morgan fingerprint density at radius 2 is 0.972 bits per heavy atom. The highest BCUT2D eigenvalue weighted by Gasteiger charge is 2.91. The van der Waals surface area contributed by atoms with Gasteiger partial charge >= 0.3 is 11.9 Å². The predicted molar refractivity (Wildman–Crippen MR) is 132 cm³/mol. The molecule has 0 amide bonds. The minimum atomic E-state index is -1.10. The van der Waals surface area contributed by atoms with Crippen LogP contribution in [0.15, 0.2) is 115 Å². The Kier molecular flexibility index (Phi) is 3.79. The molecule has 3 fully saturated rings. The summed E-state index contributed by atoms with van der Waals surface area (Å²) in [5.41, 5.74) is 0.264. The van der Waals surface area contributed by atoms with E-state index in [-0.39, 0.29) is 12.1 Å². The molecule has 0 aromatic heterocycles. The molecule has 5 nitrogen and oxygen atoms in total. The van der Waals surface area contributed by atoms with Gasteiger partial charge in [0.05, 0.1) is 29.8 Å². The van der Waals surface area contributed by atoms with Crippen LogP contribution in [0.1, 0.15) is 16.7 Å². The van der Waals surface area contributed by atoms with Crippen molar-refractivity contribution in [2.75, 3.05) is 0 Å². The second-order valence-electron chi connectivity index (χ2n) is 10.3. The lowest BCUT2D eigenvalue weighted by Gasteiger charge is -2.48. The van der Waals surface area contributed by atoms with Crippen molar-refractivity contribution in [1.29, 1.82) is 0 Å². The van der Waals surface area contributed by atoms with Crippen LogP contribution in [0, 0.1) is 10.8 Å². The Bertz CT molecular complexity index is 1320. The topological polar surface area (TPSA) is 55.8 Å². The van der Waals surface area contributed by atoms with Crippen LogP contribution in [0.2, 0.25) is 0 Å². The number of hydrogen-bond donors (Lipinski definition) is 0. The summed E-state index contributed by atoms with van der Waals surface area (Å²) in [6.45, 7) is 0. The molecule has 0 aliphatic carbocycles. The van der Waals surface area contributed by atoms with Gasteiger partial charge in [-0.05, 0) is 16.7 Å². The van der Waals surface area contributed by atoms with Gasteiger partial charge in [-0.3, -0.25) is 14.5 Å². The number of carbonyl (C=O) groups is 2. The number of cyclic esters (lactones) is 2. The van der Waals surface area contributed by atoms with Crippen molar-refractivity contribution in [3.05, 3.63) is 132 Å². The highest BCUT2D eigenvalue weighted by atomic mass is 16.6. The number of fused-ring (bicyclic) bond motifs is 4. The average Bonchev–Trinajstić information content (AvgIpc) is 3.73. The molecule has 8 rings (SSSR count).